The van der Waals surface area contributed by atoms with Gasteiger partial charge in [0.05, 0.1) is 43.9 Å². The Morgan fingerprint density at radius 1 is 1.48 bits per heavy atom. The van der Waals surface area contributed by atoms with Gasteiger partial charge in [-0.1, -0.05) is 6.92 Å². The van der Waals surface area contributed by atoms with Crippen LogP contribution in [0.5, 0.6) is 0 Å². The van der Waals surface area contributed by atoms with Gasteiger partial charge in [0, 0.05) is 31.8 Å². The molecule has 3 unspecified atom stereocenters. The molecule has 0 aliphatic carbocycles. The van der Waals surface area contributed by atoms with E-state index >= 15 is 0 Å². The molecule has 0 bridgehead atoms. The summed E-state index contributed by atoms with van der Waals surface area (Å²) in [4.78, 5) is 6.72. The molecular formula is C15H26N4O2. The maximum Gasteiger partial charge on any atom is 0.0949 e. The number of hydrogen-bond acceptors (Lipinski definition) is 5. The van der Waals surface area contributed by atoms with Crippen LogP contribution in [0, 0.1) is 5.92 Å². The van der Waals surface area contributed by atoms with E-state index in [1.165, 1.54) is 0 Å². The van der Waals surface area contributed by atoms with Crippen LogP contribution in [0.3, 0.4) is 0 Å². The molecule has 1 aromatic heterocycles. The van der Waals surface area contributed by atoms with Crippen molar-refractivity contribution >= 4 is 0 Å². The quantitative estimate of drug-likeness (QED) is 0.863. The molecule has 0 radical (unpaired) electrons. The highest BCUT2D eigenvalue weighted by molar-refractivity contribution is 5.07. The van der Waals surface area contributed by atoms with Gasteiger partial charge in [0.1, 0.15) is 0 Å². The van der Waals surface area contributed by atoms with Crippen LogP contribution in [0.25, 0.3) is 0 Å². The Morgan fingerprint density at radius 3 is 3.14 bits per heavy atom. The number of ether oxygens (including phenoxy) is 2. The minimum Gasteiger partial charge on any atom is -0.381 e. The second kappa shape index (κ2) is 6.87. The molecular weight excluding hydrogens is 268 g/mol. The van der Waals surface area contributed by atoms with Gasteiger partial charge in [-0.05, 0) is 13.0 Å². The number of nitrogens with two attached hydrogens (primary N) is 1. The highest BCUT2D eigenvalue weighted by Crippen LogP contribution is 2.26. The first kappa shape index (κ1) is 15.0. The number of aromatic nitrogens is 2. The lowest BCUT2D eigenvalue weighted by Crippen LogP contribution is -2.44. The lowest BCUT2D eigenvalue weighted by molar-refractivity contribution is -0.0347. The number of imidazole rings is 1. The van der Waals surface area contributed by atoms with Crippen LogP contribution in [0.15, 0.2) is 12.5 Å². The predicted molar refractivity (Wildman–Crippen MR) is 79.9 cm³/mol. The summed E-state index contributed by atoms with van der Waals surface area (Å²) in [5.41, 5.74) is 7.51. The van der Waals surface area contributed by atoms with Gasteiger partial charge in [-0.3, -0.25) is 4.90 Å². The molecule has 3 atom stereocenters. The van der Waals surface area contributed by atoms with Gasteiger partial charge in [0.25, 0.3) is 0 Å². The van der Waals surface area contributed by atoms with Crippen molar-refractivity contribution in [3.63, 3.8) is 0 Å². The molecule has 0 saturated carbocycles. The van der Waals surface area contributed by atoms with E-state index in [9.17, 15) is 0 Å². The average Bonchev–Trinajstić information content (AvgIpc) is 3.18. The Morgan fingerprint density at radius 2 is 2.38 bits per heavy atom. The van der Waals surface area contributed by atoms with Crippen molar-refractivity contribution in [2.75, 3.05) is 39.5 Å². The fraction of sp³-hybridized carbons (Fsp3) is 0.800. The van der Waals surface area contributed by atoms with E-state index < -0.39 is 0 Å². The van der Waals surface area contributed by atoms with Gasteiger partial charge < -0.3 is 19.8 Å². The molecule has 2 N–H and O–H groups in total. The average molecular weight is 294 g/mol. The summed E-state index contributed by atoms with van der Waals surface area (Å²) >= 11 is 0. The molecule has 6 heteroatoms. The Balaban J connectivity index is 1.64. The van der Waals surface area contributed by atoms with Crippen molar-refractivity contribution in [2.45, 2.75) is 32.0 Å². The van der Waals surface area contributed by atoms with Crippen molar-refractivity contribution in [1.82, 2.24) is 14.5 Å². The van der Waals surface area contributed by atoms with E-state index in [4.69, 9.17) is 15.2 Å². The van der Waals surface area contributed by atoms with Crippen LogP contribution in [0.1, 0.15) is 25.1 Å². The third kappa shape index (κ3) is 3.45. The fourth-order valence-corrected chi connectivity index (χ4v) is 3.24. The summed E-state index contributed by atoms with van der Waals surface area (Å²) in [5, 5.41) is 0. The lowest BCUT2D eigenvalue weighted by atomic mass is 9.97. The van der Waals surface area contributed by atoms with Gasteiger partial charge in [-0.15, -0.1) is 0 Å². The Labute approximate surface area is 126 Å². The Bertz CT molecular complexity index is 445. The topological polar surface area (TPSA) is 65.5 Å². The zero-order valence-corrected chi connectivity index (χ0v) is 12.8. The van der Waals surface area contributed by atoms with E-state index in [0.29, 0.717) is 5.92 Å². The van der Waals surface area contributed by atoms with Gasteiger partial charge in [0.15, 0.2) is 0 Å². The van der Waals surface area contributed by atoms with Crippen LogP contribution >= 0.6 is 0 Å². The van der Waals surface area contributed by atoms with Crippen molar-refractivity contribution in [3.8, 4) is 0 Å². The maximum absolute atomic E-state index is 6.41. The molecule has 0 amide bonds. The van der Waals surface area contributed by atoms with Crippen molar-refractivity contribution < 1.29 is 9.47 Å². The highest BCUT2D eigenvalue weighted by Gasteiger charge is 2.27. The molecule has 2 fully saturated rings. The number of hydrogen-bond donors (Lipinski definition) is 1. The van der Waals surface area contributed by atoms with E-state index in [0.717, 1.165) is 58.1 Å². The molecule has 0 spiro atoms. The second-order valence-electron chi connectivity index (χ2n) is 6.01. The third-order valence-electron chi connectivity index (χ3n) is 4.63. The predicted octanol–water partition coefficient (Wildman–Crippen LogP) is 0.640. The molecule has 0 aromatic carbocycles. The lowest BCUT2D eigenvalue weighted by Gasteiger charge is -2.32. The number of rotatable bonds is 5. The molecule has 1 aromatic rings. The minimum absolute atomic E-state index is 0.000804. The number of morpholine rings is 1. The maximum atomic E-state index is 6.41. The zero-order chi connectivity index (χ0) is 14.7. The molecule has 118 valence electrons. The Hall–Kier alpha value is -0.950. The molecule has 21 heavy (non-hydrogen) atoms. The monoisotopic (exact) mass is 294 g/mol. The normalized spacial score (nSPS) is 28.9. The summed E-state index contributed by atoms with van der Waals surface area (Å²) in [6.07, 6.45) is 5.03. The van der Waals surface area contributed by atoms with Crippen LogP contribution in [0.2, 0.25) is 0 Å². The van der Waals surface area contributed by atoms with E-state index in [1.54, 1.807) is 0 Å². The van der Waals surface area contributed by atoms with Gasteiger partial charge >= 0.3 is 0 Å². The summed E-state index contributed by atoms with van der Waals surface area (Å²) in [6, 6.07) is 0.000804. The van der Waals surface area contributed by atoms with Gasteiger partial charge in [0.2, 0.25) is 0 Å². The largest absolute Gasteiger partial charge is 0.381 e. The molecule has 6 nitrogen and oxygen atoms in total. The first-order valence-corrected chi connectivity index (χ1v) is 7.95. The summed E-state index contributed by atoms with van der Waals surface area (Å²) in [5.74, 6) is 0.403. The van der Waals surface area contributed by atoms with Crippen LogP contribution in [0.4, 0.5) is 0 Å². The standard InChI is InChI=1S/C15H26N4O2/c1-2-18-4-6-21-13(8-18)9-19-11-17-7-14(19)15(16)12-3-5-20-10-12/h7,11-13,15H,2-6,8-10,16H2,1H3. The molecule has 2 aliphatic rings. The summed E-state index contributed by atoms with van der Waals surface area (Å²) < 4.78 is 13.5. The number of nitrogens with zero attached hydrogens (tertiary/aromatic N) is 3. The molecule has 2 saturated heterocycles. The Kier molecular flexibility index (Phi) is 4.90. The van der Waals surface area contributed by atoms with Crippen molar-refractivity contribution in [3.05, 3.63) is 18.2 Å². The van der Waals surface area contributed by atoms with Crippen molar-refractivity contribution in [1.29, 1.82) is 0 Å². The first-order chi connectivity index (χ1) is 10.3. The van der Waals surface area contributed by atoms with E-state index in [2.05, 4.69) is 21.4 Å². The third-order valence-corrected chi connectivity index (χ3v) is 4.63. The molecule has 2 aliphatic heterocycles. The zero-order valence-electron chi connectivity index (χ0n) is 12.8. The summed E-state index contributed by atoms with van der Waals surface area (Å²) in [7, 11) is 0. The highest BCUT2D eigenvalue weighted by atomic mass is 16.5. The SMILES string of the molecule is CCN1CCOC(Cn2cncc2C(N)C2CCOC2)C1. The fourth-order valence-electron chi connectivity index (χ4n) is 3.24. The number of likely N-dealkylation sites (N-methyl/N-ethyl adjacent to an activating group) is 1. The van der Waals surface area contributed by atoms with Gasteiger partial charge in [-0.2, -0.15) is 0 Å². The molecule has 3 rings (SSSR count). The van der Waals surface area contributed by atoms with Crippen LogP contribution in [-0.4, -0.2) is 60.0 Å². The van der Waals surface area contributed by atoms with E-state index in [-0.39, 0.29) is 12.1 Å². The summed E-state index contributed by atoms with van der Waals surface area (Å²) in [6.45, 7) is 8.51. The molecule has 3 heterocycles. The smallest absolute Gasteiger partial charge is 0.0949 e. The minimum atomic E-state index is 0.000804. The van der Waals surface area contributed by atoms with Gasteiger partial charge in [-0.25, -0.2) is 4.98 Å². The van der Waals surface area contributed by atoms with E-state index in [1.807, 2.05) is 12.5 Å². The van der Waals surface area contributed by atoms with Crippen LogP contribution < -0.4 is 5.73 Å². The van der Waals surface area contributed by atoms with Crippen LogP contribution in [-0.2, 0) is 16.0 Å². The second-order valence-corrected chi connectivity index (χ2v) is 6.01. The first-order valence-electron chi connectivity index (χ1n) is 7.95. The van der Waals surface area contributed by atoms with Crippen molar-refractivity contribution in [2.24, 2.45) is 11.7 Å².